The number of aromatic nitrogens is 3. The number of oxime groups is 1. The Balaban J connectivity index is 2.57. The Hall–Kier alpha value is -2.12. The second-order valence-electron chi connectivity index (χ2n) is 4.53. The molecule has 8 heteroatoms. The molecule has 0 fully saturated rings. The van der Waals surface area contributed by atoms with E-state index in [1.807, 2.05) is 7.05 Å². The first-order valence-electron chi connectivity index (χ1n) is 6.04. The summed E-state index contributed by atoms with van der Waals surface area (Å²) < 4.78 is 1.79. The summed E-state index contributed by atoms with van der Waals surface area (Å²) in [5.74, 6) is 0.418. The number of aryl methyl sites for hydroxylation is 1. The van der Waals surface area contributed by atoms with Crippen molar-refractivity contribution in [3.8, 4) is 0 Å². The van der Waals surface area contributed by atoms with Crippen LogP contribution in [0.2, 0.25) is 0 Å². The molecule has 1 heterocycles. The van der Waals surface area contributed by atoms with Crippen LogP contribution in [0.15, 0.2) is 11.5 Å². The van der Waals surface area contributed by atoms with Crippen molar-refractivity contribution in [2.45, 2.75) is 26.7 Å². The average Bonchev–Trinajstić information content (AvgIpc) is 2.82. The molecule has 0 aliphatic carbocycles. The molecule has 1 aromatic rings. The van der Waals surface area contributed by atoms with Gasteiger partial charge in [-0.05, 0) is 13.3 Å². The van der Waals surface area contributed by atoms with Crippen molar-refractivity contribution in [3.63, 3.8) is 0 Å². The summed E-state index contributed by atoms with van der Waals surface area (Å²) in [6.07, 6.45) is 2.61. The van der Waals surface area contributed by atoms with Gasteiger partial charge in [-0.1, -0.05) is 12.1 Å². The number of carbonyl (C=O) groups excluding carboxylic acids is 1. The van der Waals surface area contributed by atoms with Gasteiger partial charge in [-0.3, -0.25) is 4.79 Å². The number of rotatable bonds is 6. The summed E-state index contributed by atoms with van der Waals surface area (Å²) in [7, 11) is 1.84. The molecular weight excluding hydrogens is 248 g/mol. The van der Waals surface area contributed by atoms with E-state index in [2.05, 4.69) is 20.7 Å². The Bertz CT molecular complexity index is 470. The molecule has 0 radical (unpaired) electrons. The van der Waals surface area contributed by atoms with Crippen molar-refractivity contribution in [2.24, 2.45) is 23.4 Å². The molecule has 1 amide bonds. The predicted molar refractivity (Wildman–Crippen MR) is 69.5 cm³/mol. The molecule has 0 aliphatic heterocycles. The lowest BCUT2D eigenvalue weighted by molar-refractivity contribution is -0.127. The zero-order valence-electron chi connectivity index (χ0n) is 11.4. The van der Waals surface area contributed by atoms with Crippen LogP contribution in [0.25, 0.3) is 0 Å². The van der Waals surface area contributed by atoms with Crippen LogP contribution in [-0.2, 0) is 18.3 Å². The third kappa shape index (κ3) is 3.21. The fourth-order valence-corrected chi connectivity index (χ4v) is 1.58. The van der Waals surface area contributed by atoms with Gasteiger partial charge in [0.1, 0.15) is 17.6 Å². The largest absolute Gasteiger partial charge is 0.409 e. The lowest BCUT2D eigenvalue weighted by Gasteiger charge is -2.25. The summed E-state index contributed by atoms with van der Waals surface area (Å²) in [5.41, 5.74) is 4.56. The summed E-state index contributed by atoms with van der Waals surface area (Å²) in [5, 5.41) is 22.1. The van der Waals surface area contributed by atoms with E-state index in [0.717, 1.165) is 5.82 Å². The van der Waals surface area contributed by atoms with E-state index in [9.17, 15) is 4.79 Å². The number of nitrogens with zero attached hydrogens (tertiary/aromatic N) is 4. The van der Waals surface area contributed by atoms with Crippen molar-refractivity contribution >= 4 is 11.7 Å². The molecule has 0 spiro atoms. The monoisotopic (exact) mass is 268 g/mol. The maximum atomic E-state index is 12.1. The molecule has 0 saturated carbocycles. The Kier molecular flexibility index (Phi) is 4.85. The highest BCUT2D eigenvalue weighted by Crippen LogP contribution is 2.21. The fraction of sp³-hybridized carbons (Fsp3) is 0.636. The van der Waals surface area contributed by atoms with E-state index in [1.54, 1.807) is 24.7 Å². The van der Waals surface area contributed by atoms with Gasteiger partial charge in [0.15, 0.2) is 5.84 Å². The lowest BCUT2D eigenvalue weighted by atomic mass is 9.85. The molecule has 0 bridgehead atoms. The Morgan fingerprint density at radius 2 is 2.37 bits per heavy atom. The third-order valence-corrected chi connectivity index (χ3v) is 3.32. The molecule has 1 aromatic heterocycles. The van der Waals surface area contributed by atoms with E-state index >= 15 is 0 Å². The minimum absolute atomic E-state index is 0.0915. The van der Waals surface area contributed by atoms with Gasteiger partial charge in [0, 0.05) is 20.0 Å². The number of nitrogens with two attached hydrogens (primary N) is 1. The predicted octanol–water partition coefficient (Wildman–Crippen LogP) is -0.363. The number of nitrogens with one attached hydrogen (secondary N) is 1. The number of hydrogen-bond donors (Lipinski definition) is 3. The molecule has 106 valence electrons. The molecule has 0 aromatic carbocycles. The van der Waals surface area contributed by atoms with E-state index < -0.39 is 5.41 Å². The minimum Gasteiger partial charge on any atom is -0.409 e. The first-order chi connectivity index (χ1) is 8.95. The van der Waals surface area contributed by atoms with E-state index in [0.29, 0.717) is 19.4 Å². The number of hydrogen-bond acceptors (Lipinski definition) is 5. The quantitative estimate of drug-likeness (QED) is 0.282. The van der Waals surface area contributed by atoms with Gasteiger partial charge in [-0.25, -0.2) is 0 Å². The maximum Gasteiger partial charge on any atom is 0.233 e. The molecule has 1 unspecified atom stereocenters. The van der Waals surface area contributed by atoms with Crippen LogP contribution in [0.5, 0.6) is 0 Å². The average molecular weight is 268 g/mol. The van der Waals surface area contributed by atoms with E-state index in [4.69, 9.17) is 10.9 Å². The van der Waals surface area contributed by atoms with Gasteiger partial charge in [-0.2, -0.15) is 0 Å². The van der Waals surface area contributed by atoms with Crippen LogP contribution in [-0.4, -0.2) is 38.3 Å². The van der Waals surface area contributed by atoms with Crippen molar-refractivity contribution in [1.29, 1.82) is 0 Å². The van der Waals surface area contributed by atoms with Crippen LogP contribution in [0.1, 0.15) is 26.1 Å². The summed E-state index contributed by atoms with van der Waals surface area (Å²) >= 11 is 0. The smallest absolute Gasteiger partial charge is 0.233 e. The van der Waals surface area contributed by atoms with Crippen molar-refractivity contribution in [3.05, 3.63) is 12.2 Å². The molecule has 0 saturated heterocycles. The molecule has 19 heavy (non-hydrogen) atoms. The van der Waals surface area contributed by atoms with Gasteiger partial charge in [0.25, 0.3) is 0 Å². The third-order valence-electron chi connectivity index (χ3n) is 3.32. The molecule has 4 N–H and O–H groups in total. The molecular formula is C11H20N6O2. The van der Waals surface area contributed by atoms with Crippen LogP contribution in [0.4, 0.5) is 0 Å². The lowest BCUT2D eigenvalue weighted by Crippen LogP contribution is -2.48. The summed E-state index contributed by atoms with van der Waals surface area (Å²) in [4.78, 5) is 12.1. The number of carbonyl (C=O) groups is 1. The molecule has 8 nitrogen and oxygen atoms in total. The summed E-state index contributed by atoms with van der Waals surface area (Å²) in [6, 6.07) is 0. The standard InChI is InChI=1S/C11H20N6O2/c1-4-11(2,9(12)16-19)10(18)13-6-5-8-15-14-7-17(8)3/h7,19H,4-6H2,1-3H3,(H2,12,16)(H,13,18). The highest BCUT2D eigenvalue weighted by Gasteiger charge is 2.36. The number of amidine groups is 1. The highest BCUT2D eigenvalue weighted by atomic mass is 16.4. The maximum absolute atomic E-state index is 12.1. The fourth-order valence-electron chi connectivity index (χ4n) is 1.58. The SMILES string of the molecule is CCC(C)(C(=O)NCCc1nncn1C)C(N)=NO. The van der Waals surface area contributed by atoms with Crippen LogP contribution < -0.4 is 11.1 Å². The van der Waals surface area contributed by atoms with Gasteiger partial charge in [0.05, 0.1) is 0 Å². The Morgan fingerprint density at radius 3 is 2.84 bits per heavy atom. The summed E-state index contributed by atoms with van der Waals surface area (Å²) in [6.45, 7) is 3.86. The van der Waals surface area contributed by atoms with E-state index in [1.165, 1.54) is 0 Å². The van der Waals surface area contributed by atoms with Gasteiger partial charge >= 0.3 is 0 Å². The Labute approximate surface area is 111 Å². The minimum atomic E-state index is -1.01. The van der Waals surface area contributed by atoms with Crippen LogP contribution >= 0.6 is 0 Å². The van der Waals surface area contributed by atoms with Crippen molar-refractivity contribution in [2.75, 3.05) is 6.54 Å². The first kappa shape index (κ1) is 14.9. The van der Waals surface area contributed by atoms with Crippen LogP contribution in [0.3, 0.4) is 0 Å². The zero-order valence-corrected chi connectivity index (χ0v) is 11.4. The molecule has 0 aliphatic rings. The molecule has 1 rings (SSSR count). The van der Waals surface area contributed by atoms with E-state index in [-0.39, 0.29) is 11.7 Å². The normalized spacial score (nSPS) is 15.0. The second kappa shape index (κ2) is 6.17. The molecule has 1 atom stereocenters. The highest BCUT2D eigenvalue weighted by molar-refractivity contribution is 6.06. The number of amides is 1. The van der Waals surface area contributed by atoms with Crippen molar-refractivity contribution < 1.29 is 10.0 Å². The first-order valence-corrected chi connectivity index (χ1v) is 6.04. The zero-order chi connectivity index (χ0) is 14.5. The van der Waals surface area contributed by atoms with Gasteiger partial charge < -0.3 is 20.8 Å². The topological polar surface area (TPSA) is 118 Å². The van der Waals surface area contributed by atoms with Crippen LogP contribution in [0, 0.1) is 5.41 Å². The van der Waals surface area contributed by atoms with Gasteiger partial charge in [0.2, 0.25) is 5.91 Å². The second-order valence-corrected chi connectivity index (χ2v) is 4.53. The Morgan fingerprint density at radius 1 is 1.68 bits per heavy atom. The van der Waals surface area contributed by atoms with Gasteiger partial charge in [-0.15, -0.1) is 10.2 Å². The van der Waals surface area contributed by atoms with Crippen molar-refractivity contribution in [1.82, 2.24) is 20.1 Å².